The van der Waals surface area contributed by atoms with Crippen molar-refractivity contribution in [3.8, 4) is 0 Å². The van der Waals surface area contributed by atoms with E-state index in [1.165, 1.54) is 0 Å². The van der Waals surface area contributed by atoms with Gasteiger partial charge in [-0.15, -0.1) is 0 Å². The molecule has 2 N–H and O–H groups in total. The first-order valence-corrected chi connectivity index (χ1v) is 10.6. The lowest BCUT2D eigenvalue weighted by molar-refractivity contribution is -0.137. The molecular weight excluding hydrogens is 352 g/mol. The summed E-state index contributed by atoms with van der Waals surface area (Å²) < 4.78 is 0. The number of piperidine rings is 1. The van der Waals surface area contributed by atoms with Crippen LogP contribution < -0.4 is 5.32 Å². The predicted molar refractivity (Wildman–Crippen MR) is 108 cm³/mol. The topological polar surface area (TPSA) is 78.1 Å². The first-order valence-electron chi connectivity index (χ1n) is 10.6. The molecule has 1 aromatic heterocycles. The molecular formula is C22H30N4O2. The van der Waals surface area contributed by atoms with Gasteiger partial charge in [0, 0.05) is 19.0 Å². The summed E-state index contributed by atoms with van der Waals surface area (Å²) >= 11 is 0. The molecule has 1 aromatic carbocycles. The number of aromatic amines is 1. The molecule has 2 amide bonds. The summed E-state index contributed by atoms with van der Waals surface area (Å²) in [5.74, 6) is 1.44. The highest BCUT2D eigenvalue weighted by Crippen LogP contribution is 2.33. The third kappa shape index (κ3) is 3.91. The van der Waals surface area contributed by atoms with Crippen molar-refractivity contribution in [3.63, 3.8) is 0 Å². The first-order chi connectivity index (χ1) is 13.6. The Labute approximate surface area is 166 Å². The van der Waals surface area contributed by atoms with Crippen LogP contribution in [0.3, 0.4) is 0 Å². The summed E-state index contributed by atoms with van der Waals surface area (Å²) in [5.41, 5.74) is 1.90. The Morgan fingerprint density at radius 3 is 2.75 bits per heavy atom. The molecule has 3 unspecified atom stereocenters. The average molecular weight is 383 g/mol. The Hall–Kier alpha value is -2.37. The monoisotopic (exact) mass is 382 g/mol. The summed E-state index contributed by atoms with van der Waals surface area (Å²) in [4.78, 5) is 35.5. The number of carbonyl (C=O) groups excluding carboxylic acids is 2. The van der Waals surface area contributed by atoms with Crippen molar-refractivity contribution in [1.29, 1.82) is 0 Å². The zero-order chi connectivity index (χ0) is 19.7. The van der Waals surface area contributed by atoms with Crippen LogP contribution >= 0.6 is 0 Å². The molecule has 0 radical (unpaired) electrons. The summed E-state index contributed by atoms with van der Waals surface area (Å²) in [5, 5.41) is 3.25. The number of amides is 2. The van der Waals surface area contributed by atoms with Gasteiger partial charge in [0.15, 0.2) is 0 Å². The van der Waals surface area contributed by atoms with Crippen LogP contribution in [0.4, 0.5) is 0 Å². The number of hydrogen-bond donors (Lipinski definition) is 2. The van der Waals surface area contributed by atoms with Crippen LogP contribution in [0.5, 0.6) is 0 Å². The maximum absolute atomic E-state index is 13.1. The van der Waals surface area contributed by atoms with Crippen molar-refractivity contribution in [3.05, 3.63) is 30.1 Å². The van der Waals surface area contributed by atoms with Gasteiger partial charge in [-0.25, -0.2) is 4.98 Å². The highest BCUT2D eigenvalue weighted by Gasteiger charge is 2.37. The maximum atomic E-state index is 13.1. The van der Waals surface area contributed by atoms with E-state index in [4.69, 9.17) is 4.98 Å². The molecule has 0 spiro atoms. The van der Waals surface area contributed by atoms with Gasteiger partial charge in [-0.05, 0) is 43.7 Å². The molecule has 6 nitrogen and oxygen atoms in total. The minimum Gasteiger partial charge on any atom is -0.346 e. The van der Waals surface area contributed by atoms with Crippen molar-refractivity contribution in [2.24, 2.45) is 17.8 Å². The predicted octanol–water partition coefficient (Wildman–Crippen LogP) is 3.41. The molecule has 2 aliphatic rings. The Morgan fingerprint density at radius 2 is 2.04 bits per heavy atom. The van der Waals surface area contributed by atoms with E-state index in [2.05, 4.69) is 24.1 Å². The Balaban J connectivity index is 1.48. The van der Waals surface area contributed by atoms with E-state index in [-0.39, 0.29) is 35.6 Å². The normalized spacial score (nSPS) is 22.1. The SMILES string of the molecule is CCC(C)C(NC(=O)C1CCCN(C(=O)C2CC2)C1)c1nc2ccccc2[nH]1. The van der Waals surface area contributed by atoms with Gasteiger partial charge in [-0.1, -0.05) is 32.4 Å². The molecule has 2 aromatic rings. The number of nitrogens with one attached hydrogen (secondary N) is 2. The lowest BCUT2D eigenvalue weighted by Gasteiger charge is -2.33. The van der Waals surface area contributed by atoms with Crippen molar-refractivity contribution in [2.45, 2.75) is 52.0 Å². The number of fused-ring (bicyclic) bond motifs is 1. The average Bonchev–Trinajstić information content (AvgIpc) is 3.49. The number of aromatic nitrogens is 2. The van der Waals surface area contributed by atoms with Crippen LogP contribution in [-0.2, 0) is 9.59 Å². The van der Waals surface area contributed by atoms with Gasteiger partial charge in [0.2, 0.25) is 11.8 Å². The lowest BCUT2D eigenvalue weighted by Crippen LogP contribution is -2.47. The fourth-order valence-electron chi connectivity index (χ4n) is 4.09. The Bertz CT molecular complexity index is 824. The van der Waals surface area contributed by atoms with Crippen LogP contribution in [0.2, 0.25) is 0 Å². The van der Waals surface area contributed by atoms with E-state index in [0.29, 0.717) is 6.54 Å². The summed E-state index contributed by atoms with van der Waals surface area (Å²) in [6.07, 6.45) is 4.70. The highest BCUT2D eigenvalue weighted by molar-refractivity contribution is 5.84. The van der Waals surface area contributed by atoms with Crippen molar-refractivity contribution in [1.82, 2.24) is 20.2 Å². The Morgan fingerprint density at radius 1 is 1.25 bits per heavy atom. The number of hydrogen-bond acceptors (Lipinski definition) is 3. The standard InChI is InChI=1S/C22H30N4O2/c1-3-14(2)19(20-23-17-8-4-5-9-18(17)24-20)25-21(27)16-7-6-12-26(13-16)22(28)15-10-11-15/h4-5,8-9,14-16,19H,3,6-7,10-13H2,1-2H3,(H,23,24)(H,25,27). The number of rotatable bonds is 6. The third-order valence-electron chi connectivity index (χ3n) is 6.24. The minimum absolute atomic E-state index is 0.0408. The molecule has 1 saturated heterocycles. The molecule has 150 valence electrons. The van der Waals surface area contributed by atoms with E-state index in [0.717, 1.165) is 55.5 Å². The van der Waals surface area contributed by atoms with E-state index in [1.54, 1.807) is 0 Å². The molecule has 2 heterocycles. The van der Waals surface area contributed by atoms with Gasteiger partial charge >= 0.3 is 0 Å². The van der Waals surface area contributed by atoms with Gasteiger partial charge < -0.3 is 15.2 Å². The summed E-state index contributed by atoms with van der Waals surface area (Å²) in [7, 11) is 0. The zero-order valence-electron chi connectivity index (χ0n) is 16.8. The van der Waals surface area contributed by atoms with Crippen LogP contribution in [0, 0.1) is 17.8 Å². The smallest absolute Gasteiger partial charge is 0.225 e. The molecule has 0 bridgehead atoms. The molecule has 2 fully saturated rings. The second-order valence-electron chi connectivity index (χ2n) is 8.41. The number of para-hydroxylation sites is 2. The fourth-order valence-corrected chi connectivity index (χ4v) is 4.09. The summed E-state index contributed by atoms with van der Waals surface area (Å²) in [6, 6.07) is 7.78. The molecule has 1 saturated carbocycles. The van der Waals surface area contributed by atoms with Gasteiger partial charge in [-0.2, -0.15) is 0 Å². The fraction of sp³-hybridized carbons (Fsp3) is 0.591. The second kappa shape index (κ2) is 7.94. The van der Waals surface area contributed by atoms with Crippen LogP contribution in [0.1, 0.15) is 57.8 Å². The maximum Gasteiger partial charge on any atom is 0.225 e. The molecule has 4 rings (SSSR count). The number of carbonyl (C=O) groups is 2. The molecule has 1 aliphatic heterocycles. The van der Waals surface area contributed by atoms with E-state index >= 15 is 0 Å². The number of benzene rings is 1. The van der Waals surface area contributed by atoms with Gasteiger partial charge in [0.25, 0.3) is 0 Å². The lowest BCUT2D eigenvalue weighted by atomic mass is 9.94. The van der Waals surface area contributed by atoms with E-state index in [9.17, 15) is 9.59 Å². The third-order valence-corrected chi connectivity index (χ3v) is 6.24. The minimum atomic E-state index is -0.153. The highest BCUT2D eigenvalue weighted by atomic mass is 16.2. The first kappa shape index (κ1) is 19.0. The van der Waals surface area contributed by atoms with Gasteiger partial charge in [-0.3, -0.25) is 9.59 Å². The van der Waals surface area contributed by atoms with Crippen LogP contribution in [-0.4, -0.2) is 39.8 Å². The molecule has 1 aliphatic carbocycles. The Kier molecular flexibility index (Phi) is 5.38. The van der Waals surface area contributed by atoms with Crippen molar-refractivity contribution >= 4 is 22.8 Å². The largest absolute Gasteiger partial charge is 0.346 e. The van der Waals surface area contributed by atoms with Gasteiger partial charge in [0.1, 0.15) is 5.82 Å². The number of likely N-dealkylation sites (tertiary alicyclic amines) is 1. The number of H-pyrrole nitrogens is 1. The van der Waals surface area contributed by atoms with Crippen LogP contribution in [0.15, 0.2) is 24.3 Å². The second-order valence-corrected chi connectivity index (χ2v) is 8.41. The zero-order valence-corrected chi connectivity index (χ0v) is 16.8. The summed E-state index contributed by atoms with van der Waals surface area (Å²) in [6.45, 7) is 5.61. The van der Waals surface area contributed by atoms with Gasteiger partial charge in [0.05, 0.1) is 23.0 Å². The number of nitrogens with zero attached hydrogens (tertiary/aromatic N) is 2. The van der Waals surface area contributed by atoms with E-state index in [1.807, 2.05) is 29.2 Å². The molecule has 6 heteroatoms. The molecule has 3 atom stereocenters. The molecule has 28 heavy (non-hydrogen) atoms. The number of imidazole rings is 1. The quantitative estimate of drug-likeness (QED) is 0.804. The van der Waals surface area contributed by atoms with Crippen molar-refractivity contribution < 1.29 is 9.59 Å². The van der Waals surface area contributed by atoms with Crippen LogP contribution in [0.25, 0.3) is 11.0 Å². The van der Waals surface area contributed by atoms with E-state index < -0.39 is 0 Å². The van der Waals surface area contributed by atoms with Crippen molar-refractivity contribution in [2.75, 3.05) is 13.1 Å².